The van der Waals surface area contributed by atoms with Crippen LogP contribution in [0.5, 0.6) is 5.75 Å². The molecule has 0 fully saturated rings. The summed E-state index contributed by atoms with van der Waals surface area (Å²) < 4.78 is 28.7. The van der Waals surface area contributed by atoms with E-state index in [1.54, 1.807) is 24.3 Å². The molecule has 7 heteroatoms. The predicted molar refractivity (Wildman–Crippen MR) is 109 cm³/mol. The SMILES string of the molecule is CCNC(=NCc1ccc(S(C)(=O)=O)cc1)NCCOc1ccc(C)cc1. The zero-order valence-corrected chi connectivity index (χ0v) is 16.8. The molecule has 0 spiro atoms. The number of guanidine groups is 1. The highest BCUT2D eigenvalue weighted by Gasteiger charge is 2.06. The summed E-state index contributed by atoms with van der Waals surface area (Å²) in [6, 6.07) is 14.7. The highest BCUT2D eigenvalue weighted by molar-refractivity contribution is 7.90. The van der Waals surface area contributed by atoms with Crippen LogP contribution in [0.3, 0.4) is 0 Å². The Bertz CT molecular complexity index is 845. The zero-order chi connectivity index (χ0) is 19.7. The third-order valence-corrected chi connectivity index (χ3v) is 4.93. The van der Waals surface area contributed by atoms with Crippen LogP contribution in [0, 0.1) is 6.92 Å². The van der Waals surface area contributed by atoms with Gasteiger partial charge in [-0.15, -0.1) is 0 Å². The standard InChI is InChI=1S/C20H27N3O3S/c1-4-21-20(22-13-14-26-18-9-5-16(2)6-10-18)23-15-17-7-11-19(12-8-17)27(3,24)25/h5-12H,4,13-15H2,1-3H3,(H2,21,22,23). The molecule has 2 aromatic rings. The number of rotatable bonds is 8. The summed E-state index contributed by atoms with van der Waals surface area (Å²) in [6.45, 7) is 6.39. The van der Waals surface area contributed by atoms with E-state index in [-0.39, 0.29) is 0 Å². The van der Waals surface area contributed by atoms with Crippen molar-refractivity contribution in [2.75, 3.05) is 26.0 Å². The van der Waals surface area contributed by atoms with Gasteiger partial charge in [0.25, 0.3) is 0 Å². The van der Waals surface area contributed by atoms with Crippen LogP contribution < -0.4 is 15.4 Å². The number of ether oxygens (including phenoxy) is 1. The molecule has 0 heterocycles. The van der Waals surface area contributed by atoms with Gasteiger partial charge in [0.05, 0.1) is 18.0 Å². The fraction of sp³-hybridized carbons (Fsp3) is 0.350. The van der Waals surface area contributed by atoms with Crippen LogP contribution in [-0.2, 0) is 16.4 Å². The number of hydrogen-bond donors (Lipinski definition) is 2. The molecule has 27 heavy (non-hydrogen) atoms. The van der Waals surface area contributed by atoms with Gasteiger partial charge in [0.1, 0.15) is 12.4 Å². The van der Waals surface area contributed by atoms with Gasteiger partial charge in [-0.05, 0) is 43.7 Å². The highest BCUT2D eigenvalue weighted by Crippen LogP contribution is 2.11. The van der Waals surface area contributed by atoms with Gasteiger partial charge in [0.2, 0.25) is 0 Å². The van der Waals surface area contributed by atoms with Crippen molar-refractivity contribution in [2.24, 2.45) is 4.99 Å². The lowest BCUT2D eigenvalue weighted by Crippen LogP contribution is -2.39. The summed E-state index contributed by atoms with van der Waals surface area (Å²) in [5.41, 5.74) is 2.14. The van der Waals surface area contributed by atoms with Crippen LogP contribution >= 0.6 is 0 Å². The van der Waals surface area contributed by atoms with E-state index >= 15 is 0 Å². The normalized spacial score (nSPS) is 11.9. The number of sulfone groups is 1. The molecule has 0 aliphatic rings. The second-order valence-corrected chi connectivity index (χ2v) is 8.22. The summed E-state index contributed by atoms with van der Waals surface area (Å²) in [6.07, 6.45) is 1.20. The first-order valence-electron chi connectivity index (χ1n) is 8.89. The second-order valence-electron chi connectivity index (χ2n) is 6.20. The average Bonchev–Trinajstić information content (AvgIpc) is 2.64. The molecule has 2 N–H and O–H groups in total. The molecule has 6 nitrogen and oxygen atoms in total. The van der Waals surface area contributed by atoms with Crippen LogP contribution in [0.4, 0.5) is 0 Å². The summed E-state index contributed by atoms with van der Waals surface area (Å²) in [5, 5.41) is 6.41. The van der Waals surface area contributed by atoms with Gasteiger partial charge in [-0.25, -0.2) is 13.4 Å². The molecule has 0 aromatic heterocycles. The zero-order valence-electron chi connectivity index (χ0n) is 16.0. The summed E-state index contributed by atoms with van der Waals surface area (Å²) in [7, 11) is -3.17. The van der Waals surface area contributed by atoms with Crippen molar-refractivity contribution >= 4 is 15.8 Å². The van der Waals surface area contributed by atoms with Crippen LogP contribution in [0.25, 0.3) is 0 Å². The Hall–Kier alpha value is -2.54. The van der Waals surface area contributed by atoms with Crippen molar-refractivity contribution in [3.63, 3.8) is 0 Å². The monoisotopic (exact) mass is 389 g/mol. The van der Waals surface area contributed by atoms with Crippen molar-refractivity contribution in [1.29, 1.82) is 0 Å². The second kappa shape index (κ2) is 9.97. The van der Waals surface area contributed by atoms with Crippen LogP contribution in [0.1, 0.15) is 18.1 Å². The summed E-state index contributed by atoms with van der Waals surface area (Å²) in [4.78, 5) is 4.83. The Morgan fingerprint density at radius 3 is 2.30 bits per heavy atom. The number of hydrogen-bond acceptors (Lipinski definition) is 4. The van der Waals surface area contributed by atoms with Gasteiger partial charge in [-0.3, -0.25) is 0 Å². The maximum absolute atomic E-state index is 11.5. The molecule has 0 saturated carbocycles. The lowest BCUT2D eigenvalue weighted by molar-refractivity contribution is 0.322. The van der Waals surface area contributed by atoms with Crippen molar-refractivity contribution in [1.82, 2.24) is 10.6 Å². The van der Waals surface area contributed by atoms with E-state index in [4.69, 9.17) is 4.74 Å². The lowest BCUT2D eigenvalue weighted by Gasteiger charge is -2.12. The fourth-order valence-corrected chi connectivity index (χ4v) is 2.96. The molecule has 0 aliphatic heterocycles. The van der Waals surface area contributed by atoms with Crippen molar-refractivity contribution < 1.29 is 13.2 Å². The number of aryl methyl sites for hydroxylation is 1. The molecule has 0 unspecified atom stereocenters. The van der Waals surface area contributed by atoms with Crippen molar-refractivity contribution in [3.05, 3.63) is 59.7 Å². The van der Waals surface area contributed by atoms with E-state index < -0.39 is 9.84 Å². The van der Waals surface area contributed by atoms with Gasteiger partial charge in [-0.2, -0.15) is 0 Å². The van der Waals surface area contributed by atoms with Gasteiger partial charge in [0.15, 0.2) is 15.8 Å². The van der Waals surface area contributed by atoms with E-state index in [2.05, 4.69) is 15.6 Å². The average molecular weight is 390 g/mol. The molecular weight excluding hydrogens is 362 g/mol. The number of nitrogens with zero attached hydrogens (tertiary/aromatic N) is 1. The molecule has 0 amide bonds. The number of benzene rings is 2. The largest absolute Gasteiger partial charge is 0.492 e. The smallest absolute Gasteiger partial charge is 0.191 e. The first-order valence-corrected chi connectivity index (χ1v) is 10.8. The first kappa shape index (κ1) is 20.8. The Morgan fingerprint density at radius 2 is 1.70 bits per heavy atom. The van der Waals surface area contributed by atoms with E-state index in [0.29, 0.717) is 30.6 Å². The Morgan fingerprint density at radius 1 is 1.04 bits per heavy atom. The van der Waals surface area contributed by atoms with Gasteiger partial charge in [-0.1, -0.05) is 29.8 Å². The maximum atomic E-state index is 11.5. The molecule has 0 atom stereocenters. The molecular formula is C20H27N3O3S. The maximum Gasteiger partial charge on any atom is 0.191 e. The lowest BCUT2D eigenvalue weighted by atomic mass is 10.2. The molecule has 0 radical (unpaired) electrons. The number of nitrogens with one attached hydrogen (secondary N) is 2. The molecule has 146 valence electrons. The molecule has 2 aromatic carbocycles. The Kier molecular flexibility index (Phi) is 7.67. The molecule has 2 rings (SSSR count). The van der Waals surface area contributed by atoms with Gasteiger partial charge in [0, 0.05) is 12.8 Å². The third kappa shape index (κ3) is 7.30. The Labute approximate surface area is 161 Å². The van der Waals surface area contributed by atoms with Crippen molar-refractivity contribution in [3.8, 4) is 5.75 Å². The minimum absolute atomic E-state index is 0.313. The fourth-order valence-electron chi connectivity index (χ4n) is 2.33. The minimum Gasteiger partial charge on any atom is -0.492 e. The van der Waals surface area contributed by atoms with Crippen LogP contribution in [0.15, 0.2) is 58.4 Å². The quantitative estimate of drug-likeness (QED) is 0.412. The van der Waals surface area contributed by atoms with Gasteiger partial charge < -0.3 is 15.4 Å². The minimum atomic E-state index is -3.17. The predicted octanol–water partition coefficient (Wildman–Crippen LogP) is 2.53. The van der Waals surface area contributed by atoms with Crippen LogP contribution in [-0.4, -0.2) is 40.3 Å². The molecule has 0 bridgehead atoms. The number of aliphatic imine (C=N–C) groups is 1. The van der Waals surface area contributed by atoms with E-state index in [0.717, 1.165) is 17.9 Å². The third-order valence-electron chi connectivity index (χ3n) is 3.80. The summed E-state index contributed by atoms with van der Waals surface area (Å²) >= 11 is 0. The van der Waals surface area contributed by atoms with Crippen molar-refractivity contribution in [2.45, 2.75) is 25.3 Å². The Balaban J connectivity index is 1.85. The van der Waals surface area contributed by atoms with E-state index in [1.807, 2.05) is 38.1 Å². The molecule has 0 aliphatic carbocycles. The first-order chi connectivity index (χ1) is 12.9. The summed E-state index contributed by atoms with van der Waals surface area (Å²) in [5.74, 6) is 1.53. The highest BCUT2D eigenvalue weighted by atomic mass is 32.2. The van der Waals surface area contributed by atoms with E-state index in [1.165, 1.54) is 11.8 Å². The van der Waals surface area contributed by atoms with E-state index in [9.17, 15) is 8.42 Å². The van der Waals surface area contributed by atoms with Gasteiger partial charge >= 0.3 is 0 Å². The van der Waals surface area contributed by atoms with Crippen LogP contribution in [0.2, 0.25) is 0 Å². The topological polar surface area (TPSA) is 79.8 Å². The molecule has 0 saturated heterocycles.